The number of carbonyl (C=O) groups is 4. The lowest BCUT2D eigenvalue weighted by atomic mass is 9.98. The summed E-state index contributed by atoms with van der Waals surface area (Å²) < 4.78 is 10.1. The molecule has 1 amide bonds. The van der Waals surface area contributed by atoms with Gasteiger partial charge in [-0.25, -0.2) is 4.79 Å². The van der Waals surface area contributed by atoms with Gasteiger partial charge in [-0.2, -0.15) is 0 Å². The molecule has 0 fully saturated rings. The Morgan fingerprint density at radius 2 is 1.39 bits per heavy atom. The summed E-state index contributed by atoms with van der Waals surface area (Å²) in [6, 6.07) is 15.4. The number of Topliss-reactive ketones (excluding diaryl/α,β-unsaturated/α-hetero) is 1. The first-order valence-corrected chi connectivity index (χ1v) is 13.6. The monoisotopic (exact) mass is 523 g/mol. The van der Waals surface area contributed by atoms with Gasteiger partial charge in [0, 0.05) is 25.8 Å². The number of nitrogens with one attached hydrogen (secondary N) is 1. The zero-order valence-electron chi connectivity index (χ0n) is 22.9. The molecule has 0 radical (unpaired) electrons. The van der Waals surface area contributed by atoms with Crippen molar-refractivity contribution in [1.29, 1.82) is 0 Å². The molecule has 38 heavy (non-hydrogen) atoms. The minimum absolute atomic E-state index is 0.215. The van der Waals surface area contributed by atoms with Crippen molar-refractivity contribution >= 4 is 23.6 Å². The Hall–Kier alpha value is -3.48. The smallest absolute Gasteiger partial charge is 0.332 e. The molecule has 7 heteroatoms. The molecule has 0 saturated heterocycles. The van der Waals surface area contributed by atoms with E-state index in [1.165, 1.54) is 19.4 Å². The molecule has 0 aliphatic heterocycles. The predicted molar refractivity (Wildman–Crippen MR) is 148 cm³/mol. The van der Waals surface area contributed by atoms with Crippen molar-refractivity contribution in [3.8, 4) is 11.1 Å². The molecule has 0 aliphatic rings. The number of esters is 2. The normalized spacial score (nSPS) is 11.4. The quantitative estimate of drug-likeness (QED) is 0.159. The first-order chi connectivity index (χ1) is 18.3. The number of aryl methyl sites for hydroxylation is 1. The summed E-state index contributed by atoms with van der Waals surface area (Å²) in [7, 11) is 0. The van der Waals surface area contributed by atoms with Crippen LogP contribution < -0.4 is 5.32 Å². The number of hydrogen-bond donors (Lipinski definition) is 1. The lowest BCUT2D eigenvalue weighted by Crippen LogP contribution is -2.44. The molecule has 0 saturated carbocycles. The maximum absolute atomic E-state index is 12.3. The molecular weight excluding hydrogens is 482 g/mol. The summed E-state index contributed by atoms with van der Waals surface area (Å²) in [6.45, 7) is 4.68. The number of carbonyl (C=O) groups excluding carboxylic acids is 4. The number of ether oxygens (including phenoxy) is 2. The second-order valence-electron chi connectivity index (χ2n) is 9.54. The van der Waals surface area contributed by atoms with Crippen LogP contribution in [0.2, 0.25) is 0 Å². The van der Waals surface area contributed by atoms with E-state index in [9.17, 15) is 19.2 Å². The summed E-state index contributed by atoms with van der Waals surface area (Å²) in [5.41, 5.74) is 4.29. The van der Waals surface area contributed by atoms with Crippen molar-refractivity contribution in [1.82, 2.24) is 5.32 Å². The van der Waals surface area contributed by atoms with Crippen LogP contribution in [-0.4, -0.2) is 42.9 Å². The standard InChI is InChI=1S/C31H41NO6/c1-4-5-8-12-30(35)28-19-17-27(18-20-28)26-15-13-25(14-16-26)11-9-6-7-10-21-37-31(36)29(32-23(2)33)22-38-24(3)34/h13-20,29H,4-12,21-22H2,1-3H3,(H,32,33). The highest BCUT2D eigenvalue weighted by Crippen LogP contribution is 2.22. The fourth-order valence-electron chi connectivity index (χ4n) is 4.07. The van der Waals surface area contributed by atoms with Gasteiger partial charge in [0.2, 0.25) is 5.91 Å². The van der Waals surface area contributed by atoms with Crippen LogP contribution in [0.15, 0.2) is 48.5 Å². The van der Waals surface area contributed by atoms with E-state index < -0.39 is 23.9 Å². The molecule has 206 valence electrons. The molecule has 7 nitrogen and oxygen atoms in total. The minimum Gasteiger partial charge on any atom is -0.464 e. The third-order valence-electron chi connectivity index (χ3n) is 6.22. The zero-order valence-corrected chi connectivity index (χ0v) is 22.9. The first kappa shape index (κ1) is 30.7. The van der Waals surface area contributed by atoms with E-state index >= 15 is 0 Å². The average molecular weight is 524 g/mol. The van der Waals surface area contributed by atoms with Crippen LogP contribution in [-0.2, 0) is 30.3 Å². The Morgan fingerprint density at radius 1 is 0.763 bits per heavy atom. The predicted octanol–water partition coefficient (Wildman–Crippen LogP) is 5.83. The van der Waals surface area contributed by atoms with Crippen molar-refractivity contribution in [2.24, 2.45) is 0 Å². The fraction of sp³-hybridized carbons (Fsp3) is 0.484. The highest BCUT2D eigenvalue weighted by molar-refractivity contribution is 5.96. The number of ketones is 1. The minimum atomic E-state index is -0.990. The van der Waals surface area contributed by atoms with E-state index in [2.05, 4.69) is 36.5 Å². The second kappa shape index (κ2) is 17.1. The Kier molecular flexibility index (Phi) is 13.8. The summed E-state index contributed by atoms with van der Waals surface area (Å²) in [5, 5.41) is 2.44. The van der Waals surface area contributed by atoms with Crippen molar-refractivity contribution in [2.45, 2.75) is 84.6 Å². The van der Waals surface area contributed by atoms with Gasteiger partial charge in [0.25, 0.3) is 0 Å². The maximum Gasteiger partial charge on any atom is 0.332 e. The van der Waals surface area contributed by atoms with Gasteiger partial charge in [-0.1, -0.05) is 81.1 Å². The zero-order chi connectivity index (χ0) is 27.8. The molecule has 0 spiro atoms. The largest absolute Gasteiger partial charge is 0.464 e. The molecule has 0 heterocycles. The number of hydrogen-bond acceptors (Lipinski definition) is 6. The third-order valence-corrected chi connectivity index (χ3v) is 6.22. The Balaban J connectivity index is 1.67. The van der Waals surface area contributed by atoms with Gasteiger partial charge in [0.1, 0.15) is 6.61 Å². The molecule has 0 bridgehead atoms. The van der Waals surface area contributed by atoms with E-state index in [1.807, 2.05) is 24.3 Å². The molecule has 1 atom stereocenters. The Bertz CT molecular complexity index is 1030. The van der Waals surface area contributed by atoms with Gasteiger partial charge in [-0.05, 0) is 42.4 Å². The van der Waals surface area contributed by atoms with E-state index in [0.29, 0.717) is 6.42 Å². The molecule has 2 rings (SSSR count). The number of benzene rings is 2. The number of amides is 1. The van der Waals surface area contributed by atoms with Gasteiger partial charge in [0.15, 0.2) is 11.8 Å². The van der Waals surface area contributed by atoms with Crippen LogP contribution in [0.1, 0.15) is 88.1 Å². The number of unbranched alkanes of at least 4 members (excludes halogenated alkanes) is 5. The Morgan fingerprint density at radius 3 is 2.00 bits per heavy atom. The fourth-order valence-corrected chi connectivity index (χ4v) is 4.07. The topological polar surface area (TPSA) is 98.8 Å². The van der Waals surface area contributed by atoms with Crippen LogP contribution in [0.4, 0.5) is 0 Å². The van der Waals surface area contributed by atoms with Crippen LogP contribution in [0.5, 0.6) is 0 Å². The van der Waals surface area contributed by atoms with Crippen LogP contribution in [0, 0.1) is 0 Å². The lowest BCUT2D eigenvalue weighted by Gasteiger charge is -2.16. The summed E-state index contributed by atoms with van der Waals surface area (Å²) in [5.74, 6) is -1.31. The van der Waals surface area contributed by atoms with E-state index in [4.69, 9.17) is 9.47 Å². The van der Waals surface area contributed by atoms with Gasteiger partial charge >= 0.3 is 11.9 Å². The van der Waals surface area contributed by atoms with E-state index in [-0.39, 0.29) is 19.0 Å². The lowest BCUT2D eigenvalue weighted by molar-refractivity contribution is -0.152. The highest BCUT2D eigenvalue weighted by atomic mass is 16.6. The van der Waals surface area contributed by atoms with E-state index in [0.717, 1.165) is 68.1 Å². The maximum atomic E-state index is 12.3. The SMILES string of the molecule is CCCCCC(=O)c1ccc(-c2ccc(CCCCCCOC(=O)C(COC(C)=O)NC(C)=O)cc2)cc1. The van der Waals surface area contributed by atoms with Crippen molar-refractivity contribution in [3.63, 3.8) is 0 Å². The third kappa shape index (κ3) is 11.7. The second-order valence-corrected chi connectivity index (χ2v) is 9.54. The average Bonchev–Trinajstić information content (AvgIpc) is 2.90. The summed E-state index contributed by atoms with van der Waals surface area (Å²) >= 11 is 0. The van der Waals surface area contributed by atoms with Crippen LogP contribution in [0.3, 0.4) is 0 Å². The Labute approximate surface area is 226 Å². The molecule has 2 aromatic carbocycles. The molecule has 0 aliphatic carbocycles. The van der Waals surface area contributed by atoms with E-state index in [1.54, 1.807) is 0 Å². The molecule has 1 N–H and O–H groups in total. The summed E-state index contributed by atoms with van der Waals surface area (Å²) in [4.78, 5) is 46.7. The van der Waals surface area contributed by atoms with Crippen LogP contribution >= 0.6 is 0 Å². The van der Waals surface area contributed by atoms with Crippen molar-refractivity contribution in [2.75, 3.05) is 13.2 Å². The molecule has 0 aromatic heterocycles. The molecule has 1 unspecified atom stereocenters. The summed E-state index contributed by atoms with van der Waals surface area (Å²) in [6.07, 6.45) is 8.42. The van der Waals surface area contributed by atoms with Gasteiger partial charge < -0.3 is 14.8 Å². The van der Waals surface area contributed by atoms with Crippen molar-refractivity contribution in [3.05, 3.63) is 59.7 Å². The first-order valence-electron chi connectivity index (χ1n) is 13.6. The van der Waals surface area contributed by atoms with Gasteiger partial charge in [-0.3, -0.25) is 14.4 Å². The van der Waals surface area contributed by atoms with Crippen LogP contribution in [0.25, 0.3) is 11.1 Å². The van der Waals surface area contributed by atoms with Gasteiger partial charge in [0.05, 0.1) is 6.61 Å². The molecular formula is C31H41NO6. The molecule has 2 aromatic rings. The number of rotatable bonds is 17. The van der Waals surface area contributed by atoms with Crippen molar-refractivity contribution < 1.29 is 28.7 Å². The highest BCUT2D eigenvalue weighted by Gasteiger charge is 2.22. The van der Waals surface area contributed by atoms with Gasteiger partial charge in [-0.15, -0.1) is 0 Å².